The van der Waals surface area contributed by atoms with Gasteiger partial charge in [-0.3, -0.25) is 0 Å². The van der Waals surface area contributed by atoms with Crippen LogP contribution in [0.5, 0.6) is 0 Å². The molecule has 2 aromatic rings. The van der Waals surface area contributed by atoms with E-state index in [1.165, 1.54) is 0 Å². The summed E-state index contributed by atoms with van der Waals surface area (Å²) in [7, 11) is -2.86. The van der Waals surface area contributed by atoms with Gasteiger partial charge in [0.15, 0.2) is 15.7 Å². The Balaban J connectivity index is 1.54. The Labute approximate surface area is 123 Å². The van der Waals surface area contributed by atoms with Gasteiger partial charge in [-0.15, -0.1) is 0 Å². The number of rotatable bonds is 5. The molecule has 7 heteroatoms. The summed E-state index contributed by atoms with van der Waals surface area (Å²) in [4.78, 5) is 4.31. The number of hydrogen-bond donors (Lipinski definition) is 1. The van der Waals surface area contributed by atoms with E-state index in [1.807, 2.05) is 30.3 Å². The van der Waals surface area contributed by atoms with E-state index in [2.05, 4.69) is 15.5 Å². The summed E-state index contributed by atoms with van der Waals surface area (Å²) in [5, 5.41) is 7.10. The van der Waals surface area contributed by atoms with Crippen LogP contribution in [0.2, 0.25) is 0 Å². The quantitative estimate of drug-likeness (QED) is 0.885. The molecule has 0 bridgehead atoms. The van der Waals surface area contributed by atoms with Gasteiger partial charge in [-0.1, -0.05) is 35.5 Å². The average Bonchev–Trinajstić information content (AvgIpc) is 3.04. The van der Waals surface area contributed by atoms with Crippen LogP contribution < -0.4 is 5.32 Å². The van der Waals surface area contributed by atoms with Crippen molar-refractivity contribution in [2.24, 2.45) is 0 Å². The molecule has 3 rings (SSSR count). The van der Waals surface area contributed by atoms with Gasteiger partial charge in [0.1, 0.15) is 0 Å². The average molecular weight is 307 g/mol. The van der Waals surface area contributed by atoms with Crippen molar-refractivity contribution in [3.8, 4) is 0 Å². The molecule has 1 aliphatic heterocycles. The largest absolute Gasteiger partial charge is 0.338 e. The third kappa shape index (κ3) is 3.89. The van der Waals surface area contributed by atoms with Crippen molar-refractivity contribution in [3.05, 3.63) is 47.6 Å². The lowest BCUT2D eigenvalue weighted by Crippen LogP contribution is -2.29. The van der Waals surface area contributed by atoms with E-state index < -0.39 is 9.84 Å². The van der Waals surface area contributed by atoms with Crippen molar-refractivity contribution in [2.45, 2.75) is 25.4 Å². The molecule has 1 atom stereocenters. The molecule has 6 nitrogen and oxygen atoms in total. The number of aromatic nitrogens is 2. The summed E-state index contributed by atoms with van der Waals surface area (Å²) < 4.78 is 27.9. The van der Waals surface area contributed by atoms with Crippen molar-refractivity contribution in [3.63, 3.8) is 0 Å². The summed E-state index contributed by atoms with van der Waals surface area (Å²) in [5.41, 5.74) is 1.12. The van der Waals surface area contributed by atoms with Crippen LogP contribution in [0.15, 0.2) is 34.9 Å². The van der Waals surface area contributed by atoms with Gasteiger partial charge in [-0.05, 0) is 12.0 Å². The van der Waals surface area contributed by atoms with Crippen molar-refractivity contribution in [2.75, 3.05) is 11.5 Å². The maximum atomic E-state index is 11.4. The lowest BCUT2D eigenvalue weighted by Gasteiger charge is -2.07. The van der Waals surface area contributed by atoms with Crippen molar-refractivity contribution >= 4 is 9.84 Å². The third-order valence-electron chi connectivity index (χ3n) is 3.49. The molecule has 2 heterocycles. The third-order valence-corrected chi connectivity index (χ3v) is 5.26. The highest BCUT2D eigenvalue weighted by atomic mass is 32.2. The molecule has 112 valence electrons. The zero-order chi connectivity index (χ0) is 14.7. The first-order valence-corrected chi connectivity index (χ1v) is 8.72. The van der Waals surface area contributed by atoms with Crippen molar-refractivity contribution in [1.82, 2.24) is 15.5 Å². The molecule has 0 amide bonds. The molecule has 1 fully saturated rings. The van der Waals surface area contributed by atoms with Gasteiger partial charge in [0.25, 0.3) is 0 Å². The molecule has 1 aromatic carbocycles. The number of benzene rings is 1. The Bertz CT molecular complexity index is 697. The number of hydrogen-bond acceptors (Lipinski definition) is 6. The minimum Gasteiger partial charge on any atom is -0.338 e. The smallest absolute Gasteiger partial charge is 0.240 e. The van der Waals surface area contributed by atoms with E-state index in [0.717, 1.165) is 5.56 Å². The molecular formula is C14H17N3O3S. The van der Waals surface area contributed by atoms with Crippen LogP contribution >= 0.6 is 0 Å². The van der Waals surface area contributed by atoms with E-state index in [0.29, 0.717) is 31.1 Å². The number of nitrogens with zero attached hydrogens (tertiary/aromatic N) is 2. The molecule has 21 heavy (non-hydrogen) atoms. The second-order valence-electron chi connectivity index (χ2n) is 5.25. The molecule has 0 saturated carbocycles. The molecule has 1 saturated heterocycles. The van der Waals surface area contributed by atoms with Crippen LogP contribution in [0.4, 0.5) is 0 Å². The fourth-order valence-corrected chi connectivity index (χ4v) is 4.11. The standard InChI is InChI=1S/C14H17N3O3S/c18-21(19)7-6-12(10-21)15-9-14-16-13(17-20-14)8-11-4-2-1-3-5-11/h1-5,12,15H,6-10H2. The minimum absolute atomic E-state index is 0.0144. The lowest BCUT2D eigenvalue weighted by atomic mass is 10.1. The highest BCUT2D eigenvalue weighted by Gasteiger charge is 2.27. The molecule has 1 unspecified atom stereocenters. The van der Waals surface area contributed by atoms with E-state index >= 15 is 0 Å². The molecule has 1 aromatic heterocycles. The Kier molecular flexibility index (Phi) is 4.03. The van der Waals surface area contributed by atoms with Gasteiger partial charge < -0.3 is 9.84 Å². The summed E-state index contributed by atoms with van der Waals surface area (Å²) in [5.74, 6) is 1.58. The summed E-state index contributed by atoms with van der Waals surface area (Å²) in [6, 6.07) is 9.91. The Morgan fingerprint density at radius 2 is 2.10 bits per heavy atom. The van der Waals surface area contributed by atoms with Gasteiger partial charge in [0, 0.05) is 12.5 Å². The highest BCUT2D eigenvalue weighted by Crippen LogP contribution is 2.12. The van der Waals surface area contributed by atoms with Crippen LogP contribution in [0.1, 0.15) is 23.7 Å². The van der Waals surface area contributed by atoms with Crippen LogP contribution in [0.3, 0.4) is 0 Å². The monoisotopic (exact) mass is 307 g/mol. The number of sulfone groups is 1. The van der Waals surface area contributed by atoms with E-state index in [9.17, 15) is 8.42 Å². The number of nitrogens with one attached hydrogen (secondary N) is 1. The summed E-state index contributed by atoms with van der Waals surface area (Å²) >= 11 is 0. The minimum atomic E-state index is -2.86. The SMILES string of the molecule is O=S1(=O)CCC(NCc2nc(Cc3ccccc3)no2)C1. The lowest BCUT2D eigenvalue weighted by molar-refractivity contribution is 0.356. The molecule has 1 aliphatic rings. The Hall–Kier alpha value is -1.73. The Morgan fingerprint density at radius 1 is 1.29 bits per heavy atom. The predicted octanol–water partition coefficient (Wildman–Crippen LogP) is 0.937. The fraction of sp³-hybridized carbons (Fsp3) is 0.429. The zero-order valence-corrected chi connectivity index (χ0v) is 12.3. The van der Waals surface area contributed by atoms with Gasteiger partial charge in [0.2, 0.25) is 5.89 Å². The predicted molar refractivity (Wildman–Crippen MR) is 77.4 cm³/mol. The van der Waals surface area contributed by atoms with Gasteiger partial charge >= 0.3 is 0 Å². The maximum Gasteiger partial charge on any atom is 0.240 e. The van der Waals surface area contributed by atoms with Gasteiger partial charge in [0.05, 0.1) is 18.1 Å². The topological polar surface area (TPSA) is 85.1 Å². The molecule has 1 N–H and O–H groups in total. The van der Waals surface area contributed by atoms with Crippen LogP contribution in [-0.2, 0) is 22.8 Å². The van der Waals surface area contributed by atoms with Gasteiger partial charge in [-0.2, -0.15) is 4.98 Å². The summed E-state index contributed by atoms with van der Waals surface area (Å²) in [6.45, 7) is 0.405. The second-order valence-corrected chi connectivity index (χ2v) is 7.48. The maximum absolute atomic E-state index is 11.4. The van der Waals surface area contributed by atoms with E-state index in [1.54, 1.807) is 0 Å². The van der Waals surface area contributed by atoms with Crippen LogP contribution in [0, 0.1) is 0 Å². The van der Waals surface area contributed by atoms with E-state index in [-0.39, 0.29) is 17.5 Å². The molecular weight excluding hydrogens is 290 g/mol. The zero-order valence-electron chi connectivity index (χ0n) is 11.5. The molecule has 0 radical (unpaired) electrons. The first-order valence-electron chi connectivity index (χ1n) is 6.90. The first kappa shape index (κ1) is 14.2. The van der Waals surface area contributed by atoms with Gasteiger partial charge in [-0.25, -0.2) is 8.42 Å². The van der Waals surface area contributed by atoms with Crippen LogP contribution in [0.25, 0.3) is 0 Å². The van der Waals surface area contributed by atoms with Crippen LogP contribution in [-0.4, -0.2) is 36.1 Å². The summed E-state index contributed by atoms with van der Waals surface area (Å²) in [6.07, 6.45) is 1.27. The Morgan fingerprint density at radius 3 is 2.81 bits per heavy atom. The molecule has 0 spiro atoms. The van der Waals surface area contributed by atoms with Crippen molar-refractivity contribution < 1.29 is 12.9 Å². The normalized spacial score (nSPS) is 20.7. The second kappa shape index (κ2) is 5.95. The molecule has 0 aliphatic carbocycles. The van der Waals surface area contributed by atoms with E-state index in [4.69, 9.17) is 4.52 Å². The fourth-order valence-electron chi connectivity index (χ4n) is 2.40. The highest BCUT2D eigenvalue weighted by molar-refractivity contribution is 7.91. The van der Waals surface area contributed by atoms with Crippen molar-refractivity contribution in [1.29, 1.82) is 0 Å². The first-order chi connectivity index (χ1) is 10.1.